The first-order chi connectivity index (χ1) is 20.8. The molecule has 5 rings (SSSR count). The number of thioether (sulfide) groups is 1. The molecule has 2 aromatic carbocycles. The molecule has 2 saturated heterocycles. The maximum atomic E-state index is 14.5. The predicted octanol–water partition coefficient (Wildman–Crippen LogP) is 5.31. The molecule has 3 aromatic rings. The lowest BCUT2D eigenvalue weighted by molar-refractivity contribution is -0.122. The van der Waals surface area contributed by atoms with Crippen molar-refractivity contribution < 1.29 is 13.9 Å². The molecule has 1 aromatic heterocycles. The van der Waals surface area contributed by atoms with Crippen molar-refractivity contribution in [2.24, 2.45) is 0 Å². The fourth-order valence-electron chi connectivity index (χ4n) is 5.46. The van der Waals surface area contributed by atoms with Gasteiger partial charge in [0.2, 0.25) is 0 Å². The normalized spacial score (nSPS) is 16.3. The average molecular weight is 618 g/mol. The van der Waals surface area contributed by atoms with Crippen LogP contribution in [0.2, 0.25) is 0 Å². The van der Waals surface area contributed by atoms with Crippen LogP contribution in [0, 0.1) is 24.1 Å². The minimum Gasteiger partial charge on any atom is -0.497 e. The number of hydrogen-bond acceptors (Lipinski definition) is 8. The molecule has 3 heterocycles. The summed E-state index contributed by atoms with van der Waals surface area (Å²) in [6.45, 7) is 6.60. The highest BCUT2D eigenvalue weighted by Crippen LogP contribution is 2.37. The monoisotopic (exact) mass is 617 g/mol. The molecule has 0 atom stereocenters. The first kappa shape index (κ1) is 30.3. The molecule has 1 amide bonds. The van der Waals surface area contributed by atoms with E-state index in [1.54, 1.807) is 41.7 Å². The van der Waals surface area contributed by atoms with Crippen molar-refractivity contribution in [1.82, 2.24) is 9.47 Å². The van der Waals surface area contributed by atoms with Gasteiger partial charge in [-0.15, -0.1) is 0 Å². The molecular weight excluding hydrogens is 586 g/mol. The zero-order valence-electron chi connectivity index (χ0n) is 24.3. The number of ether oxygens (including phenoxy) is 1. The van der Waals surface area contributed by atoms with Gasteiger partial charge in [-0.1, -0.05) is 55.2 Å². The maximum Gasteiger partial charge on any atom is 0.270 e. The fourth-order valence-corrected chi connectivity index (χ4v) is 6.70. The highest BCUT2D eigenvalue weighted by atomic mass is 32.2. The predicted molar refractivity (Wildman–Crippen MR) is 173 cm³/mol. The summed E-state index contributed by atoms with van der Waals surface area (Å²) in [5, 5.41) is 9.95. The van der Waals surface area contributed by atoms with Crippen LogP contribution in [0.3, 0.4) is 0 Å². The Kier molecular flexibility index (Phi) is 9.18. The van der Waals surface area contributed by atoms with E-state index in [4.69, 9.17) is 17.0 Å². The summed E-state index contributed by atoms with van der Waals surface area (Å²) in [5.74, 6) is 0.886. The Labute approximate surface area is 260 Å². The number of carbonyl (C=O) groups excluding carboxylic acids is 1. The lowest BCUT2D eigenvalue weighted by Gasteiger charge is -2.39. The van der Waals surface area contributed by atoms with Crippen LogP contribution in [0.1, 0.15) is 35.6 Å². The van der Waals surface area contributed by atoms with Crippen molar-refractivity contribution >= 4 is 51.8 Å². The van der Waals surface area contributed by atoms with Gasteiger partial charge in [0.15, 0.2) is 0 Å². The summed E-state index contributed by atoms with van der Waals surface area (Å²) in [7, 11) is 1.60. The molecule has 0 bridgehead atoms. The Balaban J connectivity index is 1.52. The summed E-state index contributed by atoms with van der Waals surface area (Å²) < 4.78 is 21.8. The number of thiocarbonyl (C=S) groups is 1. The number of rotatable bonds is 8. The Morgan fingerprint density at radius 2 is 1.74 bits per heavy atom. The Morgan fingerprint density at radius 1 is 1.07 bits per heavy atom. The average Bonchev–Trinajstić information content (AvgIpc) is 3.28. The van der Waals surface area contributed by atoms with Crippen LogP contribution in [0.15, 0.2) is 58.2 Å². The van der Waals surface area contributed by atoms with Gasteiger partial charge in [-0.05, 0) is 54.8 Å². The van der Waals surface area contributed by atoms with Crippen LogP contribution < -0.4 is 20.1 Å². The zero-order valence-corrected chi connectivity index (χ0v) is 25.9. The molecular formula is C32H32FN5O3S2. The standard InChI is InChI=1S/C32H32FN5O3S2/c1-4-13-37-29(36-16-14-35(15-17-36)27-8-6-5-7-26(27)33)24(21(2)25(19-34)30(37)39)18-28-31(40)38(32(42)43-28)20-22-9-11-23(41-3)12-10-22/h5-12,18H,4,13-17,20H2,1-3H3. The van der Waals surface area contributed by atoms with E-state index < -0.39 is 0 Å². The number of anilines is 2. The number of nitriles is 1. The van der Waals surface area contributed by atoms with E-state index in [2.05, 4.69) is 11.0 Å². The first-order valence-corrected chi connectivity index (χ1v) is 15.3. The minimum atomic E-state index is -0.349. The van der Waals surface area contributed by atoms with Crippen molar-refractivity contribution in [3.05, 3.63) is 91.9 Å². The summed E-state index contributed by atoms with van der Waals surface area (Å²) in [5.41, 5.74) is 2.33. The molecule has 2 aliphatic heterocycles. The van der Waals surface area contributed by atoms with E-state index in [1.165, 1.54) is 17.8 Å². The number of nitrogens with zero attached hydrogens (tertiary/aromatic N) is 5. The third kappa shape index (κ3) is 6.03. The van der Waals surface area contributed by atoms with Crippen LogP contribution in [0.5, 0.6) is 5.75 Å². The number of para-hydroxylation sites is 1. The molecule has 0 N–H and O–H groups in total. The molecule has 0 aliphatic carbocycles. The van der Waals surface area contributed by atoms with E-state index in [1.807, 2.05) is 42.2 Å². The van der Waals surface area contributed by atoms with Crippen LogP contribution >= 0.6 is 24.0 Å². The van der Waals surface area contributed by atoms with E-state index in [0.717, 1.165) is 11.3 Å². The third-order valence-electron chi connectivity index (χ3n) is 7.71. The number of methoxy groups -OCH3 is 1. The van der Waals surface area contributed by atoms with Gasteiger partial charge >= 0.3 is 0 Å². The van der Waals surface area contributed by atoms with Gasteiger partial charge in [-0.25, -0.2) is 4.39 Å². The molecule has 222 valence electrons. The molecule has 0 saturated carbocycles. The number of piperazine rings is 1. The second-order valence-corrected chi connectivity index (χ2v) is 12.0. The largest absolute Gasteiger partial charge is 0.497 e. The maximum absolute atomic E-state index is 14.5. The van der Waals surface area contributed by atoms with Crippen LogP contribution in [-0.2, 0) is 17.9 Å². The Morgan fingerprint density at radius 3 is 2.37 bits per heavy atom. The van der Waals surface area contributed by atoms with Gasteiger partial charge in [-0.3, -0.25) is 19.1 Å². The third-order valence-corrected chi connectivity index (χ3v) is 9.09. The van der Waals surface area contributed by atoms with Gasteiger partial charge in [0, 0.05) is 38.3 Å². The van der Waals surface area contributed by atoms with Crippen molar-refractivity contribution in [3.63, 3.8) is 0 Å². The van der Waals surface area contributed by atoms with Crippen LogP contribution in [0.4, 0.5) is 15.9 Å². The highest BCUT2D eigenvalue weighted by molar-refractivity contribution is 8.26. The highest BCUT2D eigenvalue weighted by Gasteiger charge is 2.34. The molecule has 0 unspecified atom stereocenters. The Bertz CT molecular complexity index is 1690. The number of hydrogen-bond donors (Lipinski definition) is 0. The van der Waals surface area contributed by atoms with Crippen molar-refractivity contribution in [3.8, 4) is 11.8 Å². The number of benzene rings is 2. The van der Waals surface area contributed by atoms with Crippen molar-refractivity contribution in [2.45, 2.75) is 33.4 Å². The number of carbonyl (C=O) groups is 1. The SMILES string of the molecule is CCCn1c(N2CCN(c3ccccc3F)CC2)c(C=C2SC(=S)N(Cc3ccc(OC)cc3)C2=O)c(C)c(C#N)c1=O. The lowest BCUT2D eigenvalue weighted by Crippen LogP contribution is -2.49. The molecule has 0 spiro atoms. The topological polar surface area (TPSA) is 81.8 Å². The van der Waals surface area contributed by atoms with E-state index in [0.29, 0.717) is 77.5 Å². The van der Waals surface area contributed by atoms with E-state index in [-0.39, 0.29) is 22.8 Å². The molecule has 0 radical (unpaired) electrons. The smallest absolute Gasteiger partial charge is 0.270 e. The Hall–Kier alpha value is -4.14. The summed E-state index contributed by atoms with van der Waals surface area (Å²) in [6, 6.07) is 16.3. The van der Waals surface area contributed by atoms with Crippen LogP contribution in [-0.4, -0.2) is 53.0 Å². The van der Waals surface area contributed by atoms with Gasteiger partial charge in [0.25, 0.3) is 11.5 Å². The van der Waals surface area contributed by atoms with Gasteiger partial charge in [0.05, 0.1) is 24.2 Å². The minimum absolute atomic E-state index is 0.0576. The van der Waals surface area contributed by atoms with Crippen molar-refractivity contribution in [1.29, 1.82) is 5.26 Å². The molecule has 2 fully saturated rings. The lowest BCUT2D eigenvalue weighted by atomic mass is 10.0. The summed E-state index contributed by atoms with van der Waals surface area (Å²) in [6.07, 6.45) is 2.45. The number of amides is 1. The summed E-state index contributed by atoms with van der Waals surface area (Å²) >= 11 is 6.81. The van der Waals surface area contributed by atoms with Crippen molar-refractivity contribution in [2.75, 3.05) is 43.1 Å². The second kappa shape index (κ2) is 13.0. The molecule has 2 aliphatic rings. The number of aromatic nitrogens is 1. The van der Waals surface area contributed by atoms with Gasteiger partial charge in [-0.2, -0.15) is 5.26 Å². The zero-order chi connectivity index (χ0) is 30.7. The van der Waals surface area contributed by atoms with Gasteiger partial charge < -0.3 is 14.5 Å². The number of pyridine rings is 1. The molecule has 8 nitrogen and oxygen atoms in total. The molecule has 43 heavy (non-hydrogen) atoms. The van der Waals surface area contributed by atoms with Crippen LogP contribution in [0.25, 0.3) is 6.08 Å². The number of halogens is 1. The molecule has 11 heteroatoms. The van der Waals surface area contributed by atoms with Gasteiger partial charge in [0.1, 0.15) is 33.3 Å². The van der Waals surface area contributed by atoms with E-state index in [9.17, 15) is 19.2 Å². The quantitative estimate of drug-likeness (QED) is 0.249. The first-order valence-electron chi connectivity index (χ1n) is 14.1. The van der Waals surface area contributed by atoms with E-state index >= 15 is 0 Å². The summed E-state index contributed by atoms with van der Waals surface area (Å²) in [4.78, 5) is 33.3. The second-order valence-electron chi connectivity index (χ2n) is 10.3. The fraction of sp³-hybridized carbons (Fsp3) is 0.312.